The first kappa shape index (κ1) is 21.3. The van der Waals surface area contributed by atoms with Crippen molar-refractivity contribution in [3.05, 3.63) is 68.4 Å². The Labute approximate surface area is 177 Å². The Hall–Kier alpha value is -3.39. The number of benzene rings is 2. The van der Waals surface area contributed by atoms with Gasteiger partial charge in [0.25, 0.3) is 5.69 Å². The molecule has 2 aromatic carbocycles. The summed E-state index contributed by atoms with van der Waals surface area (Å²) in [6.45, 7) is 2.58. The number of ether oxygens (including phenoxy) is 3. The average Bonchev–Trinajstić information content (AvgIpc) is 3.09. The maximum atomic E-state index is 12.2. The summed E-state index contributed by atoms with van der Waals surface area (Å²) >= 11 is 6.34. The number of non-ortho nitro benzene ring substituents is 1. The van der Waals surface area contributed by atoms with Gasteiger partial charge in [-0.2, -0.15) is 0 Å². The lowest BCUT2D eigenvalue weighted by atomic mass is 10.1. The summed E-state index contributed by atoms with van der Waals surface area (Å²) < 4.78 is 16.3. The fourth-order valence-electron chi connectivity index (χ4n) is 2.70. The average molecular weight is 431 g/mol. The molecular formula is C21H19ClN2O6. The zero-order valence-corrected chi connectivity index (χ0v) is 17.1. The number of aliphatic imine (C=N–C) groups is 1. The van der Waals surface area contributed by atoms with E-state index in [1.54, 1.807) is 12.1 Å². The summed E-state index contributed by atoms with van der Waals surface area (Å²) in [7, 11) is 1.50. The van der Waals surface area contributed by atoms with Gasteiger partial charge in [0.15, 0.2) is 17.2 Å². The second-order valence-corrected chi connectivity index (χ2v) is 6.78. The highest BCUT2D eigenvalue weighted by molar-refractivity contribution is 6.32. The maximum absolute atomic E-state index is 12.2. The lowest BCUT2D eigenvalue weighted by molar-refractivity contribution is -0.384. The third kappa shape index (κ3) is 4.77. The van der Waals surface area contributed by atoms with Gasteiger partial charge in [-0.3, -0.25) is 10.1 Å². The highest BCUT2D eigenvalue weighted by Crippen LogP contribution is 2.37. The number of unbranched alkanes of at least 4 members (excludes halogenated alkanes) is 1. The molecule has 0 amide bonds. The van der Waals surface area contributed by atoms with Crippen molar-refractivity contribution in [3.63, 3.8) is 0 Å². The van der Waals surface area contributed by atoms with Crippen molar-refractivity contribution in [2.45, 2.75) is 19.8 Å². The van der Waals surface area contributed by atoms with Crippen LogP contribution in [0.5, 0.6) is 11.5 Å². The smallest absolute Gasteiger partial charge is 0.363 e. The van der Waals surface area contributed by atoms with Crippen LogP contribution in [0, 0.1) is 10.1 Å². The monoisotopic (exact) mass is 430 g/mol. The van der Waals surface area contributed by atoms with Crippen molar-refractivity contribution in [1.29, 1.82) is 0 Å². The number of carbonyl (C=O) groups excluding carboxylic acids is 1. The quantitative estimate of drug-likeness (QED) is 0.196. The Morgan fingerprint density at radius 2 is 2.00 bits per heavy atom. The van der Waals surface area contributed by atoms with E-state index in [-0.39, 0.29) is 17.3 Å². The van der Waals surface area contributed by atoms with Crippen LogP contribution < -0.4 is 9.47 Å². The minimum Gasteiger partial charge on any atom is -0.493 e. The third-order valence-electron chi connectivity index (χ3n) is 4.25. The molecule has 0 spiro atoms. The van der Waals surface area contributed by atoms with E-state index in [4.69, 9.17) is 25.8 Å². The number of hydrogen-bond donors (Lipinski definition) is 0. The van der Waals surface area contributed by atoms with Gasteiger partial charge in [0.05, 0.1) is 23.7 Å². The second kappa shape index (κ2) is 9.41. The fraction of sp³-hybridized carbons (Fsp3) is 0.238. The van der Waals surface area contributed by atoms with Crippen LogP contribution in [-0.2, 0) is 9.53 Å². The van der Waals surface area contributed by atoms with Crippen LogP contribution in [-0.4, -0.2) is 30.5 Å². The Kier molecular flexibility index (Phi) is 6.68. The number of nitrogens with zero attached hydrogens (tertiary/aromatic N) is 2. The molecule has 2 aromatic rings. The topological polar surface area (TPSA) is 100 Å². The van der Waals surface area contributed by atoms with Gasteiger partial charge in [-0.15, -0.1) is 0 Å². The number of nitro groups is 1. The number of esters is 1. The summed E-state index contributed by atoms with van der Waals surface area (Å²) in [4.78, 5) is 26.7. The number of carbonyl (C=O) groups is 1. The minimum absolute atomic E-state index is 0.0672. The van der Waals surface area contributed by atoms with Crippen LogP contribution in [0.2, 0.25) is 5.02 Å². The molecule has 0 fully saturated rings. The zero-order chi connectivity index (χ0) is 21.7. The molecule has 0 aliphatic carbocycles. The lowest BCUT2D eigenvalue weighted by Gasteiger charge is -2.13. The summed E-state index contributed by atoms with van der Waals surface area (Å²) in [5.41, 5.74) is 1.04. The van der Waals surface area contributed by atoms with Gasteiger partial charge in [-0.25, -0.2) is 9.79 Å². The molecule has 0 radical (unpaired) electrons. The molecule has 1 aliphatic heterocycles. The molecule has 3 rings (SSSR count). The molecule has 0 unspecified atom stereocenters. The van der Waals surface area contributed by atoms with Gasteiger partial charge >= 0.3 is 5.97 Å². The largest absolute Gasteiger partial charge is 0.493 e. The lowest BCUT2D eigenvalue weighted by Crippen LogP contribution is -2.05. The fourth-order valence-corrected chi connectivity index (χ4v) is 2.97. The van der Waals surface area contributed by atoms with Crippen molar-refractivity contribution in [2.24, 2.45) is 4.99 Å². The number of nitro benzene ring substituents is 1. The third-order valence-corrected chi connectivity index (χ3v) is 4.53. The zero-order valence-electron chi connectivity index (χ0n) is 16.4. The van der Waals surface area contributed by atoms with Gasteiger partial charge in [0, 0.05) is 17.7 Å². The summed E-state index contributed by atoms with van der Waals surface area (Å²) in [5, 5.41) is 11.1. The first-order valence-corrected chi connectivity index (χ1v) is 9.58. The van der Waals surface area contributed by atoms with Crippen LogP contribution in [0.3, 0.4) is 0 Å². The standard InChI is InChI=1S/C21H19ClN2O6/c1-3-4-9-29-19-16(22)10-13(12-18(19)28-2)11-17-21(25)30-20(23-17)14-5-7-15(8-6-14)24(26)27/h5-8,10-12H,3-4,9H2,1-2H3/b17-11-. The number of methoxy groups -OCH3 is 1. The van der Waals surface area contributed by atoms with Crippen LogP contribution in [0.4, 0.5) is 5.69 Å². The molecule has 0 bridgehead atoms. The number of hydrogen-bond acceptors (Lipinski definition) is 7. The Morgan fingerprint density at radius 1 is 1.27 bits per heavy atom. The van der Waals surface area contributed by atoms with Gasteiger partial charge in [0.2, 0.25) is 5.90 Å². The molecule has 1 heterocycles. The molecule has 0 aromatic heterocycles. The van der Waals surface area contributed by atoms with E-state index in [1.165, 1.54) is 37.5 Å². The van der Waals surface area contributed by atoms with Gasteiger partial charge in [0.1, 0.15) is 0 Å². The van der Waals surface area contributed by atoms with Crippen molar-refractivity contribution in [3.8, 4) is 11.5 Å². The normalized spacial score (nSPS) is 14.4. The number of rotatable bonds is 8. The first-order chi connectivity index (χ1) is 14.4. The van der Waals surface area contributed by atoms with E-state index >= 15 is 0 Å². The van der Waals surface area contributed by atoms with Crippen molar-refractivity contribution < 1.29 is 23.9 Å². The SMILES string of the molecule is CCCCOc1c(Cl)cc(/C=C2\N=C(c3ccc([N+](=O)[O-])cc3)OC2=O)cc1OC. The van der Waals surface area contributed by atoms with Crippen LogP contribution in [0.15, 0.2) is 47.1 Å². The molecule has 0 saturated heterocycles. The van der Waals surface area contributed by atoms with Gasteiger partial charge in [-0.05, 0) is 42.3 Å². The molecule has 0 N–H and O–H groups in total. The predicted molar refractivity (Wildman–Crippen MR) is 112 cm³/mol. The van der Waals surface area contributed by atoms with Gasteiger partial charge in [-0.1, -0.05) is 24.9 Å². The highest BCUT2D eigenvalue weighted by Gasteiger charge is 2.25. The number of cyclic esters (lactones) is 1. The van der Waals surface area contributed by atoms with Crippen molar-refractivity contribution >= 4 is 35.2 Å². The second-order valence-electron chi connectivity index (χ2n) is 6.38. The van der Waals surface area contributed by atoms with E-state index < -0.39 is 10.9 Å². The van der Waals surface area contributed by atoms with E-state index in [2.05, 4.69) is 11.9 Å². The molecule has 0 saturated carbocycles. The summed E-state index contributed by atoms with van der Waals surface area (Å²) in [5.74, 6) is 0.315. The Morgan fingerprint density at radius 3 is 2.63 bits per heavy atom. The molecule has 30 heavy (non-hydrogen) atoms. The van der Waals surface area contributed by atoms with E-state index in [0.717, 1.165) is 12.8 Å². The van der Waals surface area contributed by atoms with Crippen molar-refractivity contribution in [2.75, 3.05) is 13.7 Å². The molecule has 1 aliphatic rings. The van der Waals surface area contributed by atoms with Gasteiger partial charge < -0.3 is 14.2 Å². The van der Waals surface area contributed by atoms with Crippen molar-refractivity contribution in [1.82, 2.24) is 0 Å². The summed E-state index contributed by atoms with van der Waals surface area (Å²) in [6, 6.07) is 8.90. The molecule has 9 heteroatoms. The molecule has 0 atom stereocenters. The van der Waals surface area contributed by atoms with Crippen LogP contribution in [0.25, 0.3) is 6.08 Å². The van der Waals surface area contributed by atoms with E-state index in [9.17, 15) is 14.9 Å². The van der Waals surface area contributed by atoms with E-state index in [0.29, 0.717) is 34.3 Å². The predicted octanol–water partition coefficient (Wildman–Crippen LogP) is 4.78. The Bertz CT molecular complexity index is 1030. The van der Waals surface area contributed by atoms with E-state index in [1.807, 2.05) is 0 Å². The molecule has 156 valence electrons. The summed E-state index contributed by atoms with van der Waals surface area (Å²) in [6.07, 6.45) is 3.39. The molecule has 8 nitrogen and oxygen atoms in total. The molecular weight excluding hydrogens is 412 g/mol. The Balaban J connectivity index is 1.87. The maximum Gasteiger partial charge on any atom is 0.363 e. The minimum atomic E-state index is -0.637. The number of halogens is 1. The highest BCUT2D eigenvalue weighted by atomic mass is 35.5. The first-order valence-electron chi connectivity index (χ1n) is 9.20. The van der Waals surface area contributed by atoms with Crippen LogP contribution in [0.1, 0.15) is 30.9 Å². The van der Waals surface area contributed by atoms with Crippen LogP contribution >= 0.6 is 11.6 Å².